The normalized spacial score (nSPS) is 26.1. The number of fused-ring (bicyclic) bond motifs is 6. The Morgan fingerprint density at radius 2 is 1.49 bits per heavy atom. The number of aryl methyl sites for hydroxylation is 1. The first-order valence-corrected chi connectivity index (χ1v) is 18.3. The molecule has 4 aliphatic rings. The summed E-state index contributed by atoms with van der Waals surface area (Å²) in [4.78, 5) is 24.2. The van der Waals surface area contributed by atoms with E-state index in [2.05, 4.69) is 13.0 Å². The highest BCUT2D eigenvalue weighted by molar-refractivity contribution is 5.91. The van der Waals surface area contributed by atoms with Crippen molar-refractivity contribution in [3.8, 4) is 51.7 Å². The molecule has 0 radical (unpaired) electrons. The van der Waals surface area contributed by atoms with Crippen LogP contribution < -0.4 is 4.74 Å². The van der Waals surface area contributed by atoms with Gasteiger partial charge >= 0.3 is 11.9 Å². The molecule has 0 bridgehead atoms. The largest absolute Gasteiger partial charge is 0.508 e. The molecular formula is C42H44O13. The van der Waals surface area contributed by atoms with Gasteiger partial charge < -0.3 is 55.1 Å². The van der Waals surface area contributed by atoms with E-state index in [0.717, 1.165) is 37.5 Å². The lowest BCUT2D eigenvalue weighted by atomic mass is 9.55. The van der Waals surface area contributed by atoms with Gasteiger partial charge in [-0.15, -0.1) is 0 Å². The zero-order valence-electron chi connectivity index (χ0n) is 30.3. The lowest BCUT2D eigenvalue weighted by Crippen LogP contribution is -2.45. The maximum atomic E-state index is 12.7. The van der Waals surface area contributed by atoms with Crippen molar-refractivity contribution in [3.05, 3.63) is 88.5 Å². The van der Waals surface area contributed by atoms with Gasteiger partial charge in [-0.3, -0.25) is 4.79 Å². The van der Waals surface area contributed by atoms with Crippen LogP contribution in [0.4, 0.5) is 0 Å². The predicted octanol–water partition coefficient (Wildman–Crippen LogP) is 6.71. The molecule has 290 valence electrons. The maximum absolute atomic E-state index is 12.7. The number of benzene rings is 4. The number of ether oxygens (including phenoxy) is 3. The Morgan fingerprint density at radius 1 is 0.745 bits per heavy atom. The average molecular weight is 757 g/mol. The third-order valence-electron chi connectivity index (χ3n) is 12.0. The average Bonchev–Trinajstić information content (AvgIpc) is 3.46. The molecule has 0 saturated heterocycles. The Hall–Kier alpha value is -5.98. The van der Waals surface area contributed by atoms with Crippen LogP contribution in [0.5, 0.6) is 51.7 Å². The summed E-state index contributed by atoms with van der Waals surface area (Å²) in [5.41, 5.74) is 3.27. The van der Waals surface area contributed by atoms with Crippen molar-refractivity contribution >= 4 is 11.9 Å². The van der Waals surface area contributed by atoms with E-state index >= 15 is 0 Å². The SMILES string of the molecule is CC(=O)OC1CCC2C3CCc4cc(O)ccc4C3CCC12C.O=C(OC1Cc2c(O)cc(O)cc2OC1c1ccc(O)c(O)c1)c1cc(O)c(O)c(O)c1. The van der Waals surface area contributed by atoms with Crippen molar-refractivity contribution in [2.45, 2.75) is 83.0 Å². The molecule has 3 aliphatic carbocycles. The molecule has 7 unspecified atom stereocenters. The van der Waals surface area contributed by atoms with E-state index in [0.29, 0.717) is 29.1 Å². The summed E-state index contributed by atoms with van der Waals surface area (Å²) < 4.78 is 17.1. The first-order valence-electron chi connectivity index (χ1n) is 18.3. The lowest BCUT2D eigenvalue weighted by molar-refractivity contribution is -0.154. The predicted molar refractivity (Wildman–Crippen MR) is 196 cm³/mol. The molecule has 8 N–H and O–H groups in total. The fourth-order valence-corrected chi connectivity index (χ4v) is 9.39. The number of carbonyl (C=O) groups is 2. The minimum Gasteiger partial charge on any atom is -0.508 e. The summed E-state index contributed by atoms with van der Waals surface area (Å²) in [5.74, 6) is -2.20. The highest BCUT2D eigenvalue weighted by atomic mass is 16.6. The standard InChI is InChI=1S/C22H18O10.C20H26O3/c23-11-6-14(25)12-8-19(32-22(30)10-4-16(27)20(29)17(28)5-10)21(31-18(12)7-11)9-1-2-13(24)15(26)3-9;1-12(21)23-19-8-7-18-17-5-3-13-11-14(22)4-6-15(13)16(17)9-10-20(18,19)2/h1-7,19,21,23-29H,8H2;4,6,11,16-19,22H,3,5,7-10H2,1-2H3. The van der Waals surface area contributed by atoms with Crippen molar-refractivity contribution < 1.29 is 64.7 Å². The Bertz CT molecular complexity index is 2120. The zero-order chi connectivity index (χ0) is 39.3. The zero-order valence-corrected chi connectivity index (χ0v) is 30.3. The molecule has 1 heterocycles. The van der Waals surface area contributed by atoms with Crippen LogP contribution in [0.15, 0.2) is 60.7 Å². The smallest absolute Gasteiger partial charge is 0.338 e. The molecule has 8 rings (SSSR count). The number of phenols is 8. The molecular weight excluding hydrogens is 712 g/mol. The van der Waals surface area contributed by atoms with Crippen LogP contribution in [0.25, 0.3) is 0 Å². The van der Waals surface area contributed by atoms with Crippen LogP contribution >= 0.6 is 0 Å². The Balaban J connectivity index is 0.000000178. The Kier molecular flexibility index (Phi) is 9.74. The number of rotatable bonds is 4. The van der Waals surface area contributed by atoms with Gasteiger partial charge in [-0.25, -0.2) is 4.79 Å². The van der Waals surface area contributed by atoms with Crippen molar-refractivity contribution in [1.29, 1.82) is 0 Å². The first kappa shape index (κ1) is 37.3. The van der Waals surface area contributed by atoms with E-state index in [1.807, 2.05) is 12.1 Å². The van der Waals surface area contributed by atoms with Crippen LogP contribution in [-0.4, -0.2) is 65.0 Å². The van der Waals surface area contributed by atoms with Crippen LogP contribution in [0.2, 0.25) is 0 Å². The summed E-state index contributed by atoms with van der Waals surface area (Å²) in [6.45, 7) is 3.88. The molecule has 0 aromatic heterocycles. The van der Waals surface area contributed by atoms with Crippen molar-refractivity contribution in [2.75, 3.05) is 0 Å². The van der Waals surface area contributed by atoms with E-state index in [1.165, 1.54) is 61.6 Å². The number of hydrogen-bond acceptors (Lipinski definition) is 13. The van der Waals surface area contributed by atoms with E-state index in [4.69, 9.17) is 14.2 Å². The molecule has 13 nitrogen and oxygen atoms in total. The molecule has 7 atom stereocenters. The van der Waals surface area contributed by atoms with E-state index < -0.39 is 41.2 Å². The van der Waals surface area contributed by atoms with Crippen LogP contribution in [0, 0.1) is 17.3 Å². The van der Waals surface area contributed by atoms with Crippen LogP contribution in [0.1, 0.15) is 90.6 Å². The molecule has 4 aromatic carbocycles. The molecule has 0 amide bonds. The van der Waals surface area contributed by atoms with Gasteiger partial charge in [0.25, 0.3) is 0 Å². The highest BCUT2D eigenvalue weighted by Crippen LogP contribution is 2.61. The highest BCUT2D eigenvalue weighted by Gasteiger charge is 2.56. The van der Waals surface area contributed by atoms with Crippen LogP contribution in [0.3, 0.4) is 0 Å². The maximum Gasteiger partial charge on any atom is 0.338 e. The third kappa shape index (κ3) is 7.06. The van der Waals surface area contributed by atoms with Crippen molar-refractivity contribution in [2.24, 2.45) is 17.3 Å². The minimum absolute atomic E-state index is 0.0461. The Labute approximate surface area is 316 Å². The number of hydrogen-bond donors (Lipinski definition) is 8. The molecule has 1 aliphatic heterocycles. The second-order valence-corrected chi connectivity index (χ2v) is 15.3. The summed E-state index contributed by atoms with van der Waals surface area (Å²) >= 11 is 0. The third-order valence-corrected chi connectivity index (χ3v) is 12.0. The van der Waals surface area contributed by atoms with Gasteiger partial charge in [0.15, 0.2) is 34.9 Å². The van der Waals surface area contributed by atoms with Gasteiger partial charge in [-0.05, 0) is 104 Å². The number of phenolic OH excluding ortho intramolecular Hbond substituents is 8. The molecule has 55 heavy (non-hydrogen) atoms. The fraction of sp³-hybridized carbons (Fsp3) is 0.381. The molecule has 2 fully saturated rings. The van der Waals surface area contributed by atoms with E-state index in [9.17, 15) is 50.4 Å². The van der Waals surface area contributed by atoms with Crippen molar-refractivity contribution in [1.82, 2.24) is 0 Å². The second-order valence-electron chi connectivity index (χ2n) is 15.3. The second kappa shape index (κ2) is 14.3. The quantitative estimate of drug-likeness (QED) is 0.0802. The van der Waals surface area contributed by atoms with E-state index in [1.54, 1.807) is 0 Å². The Morgan fingerprint density at radius 3 is 2.20 bits per heavy atom. The first-order chi connectivity index (χ1) is 26.1. The van der Waals surface area contributed by atoms with Gasteiger partial charge in [0.2, 0.25) is 0 Å². The molecule has 13 heteroatoms. The van der Waals surface area contributed by atoms with Gasteiger partial charge in [-0.2, -0.15) is 0 Å². The molecule has 2 saturated carbocycles. The summed E-state index contributed by atoms with van der Waals surface area (Å²) in [5, 5.41) is 78.0. The monoisotopic (exact) mass is 756 g/mol. The molecule has 4 aromatic rings. The number of aromatic hydroxyl groups is 8. The fourth-order valence-electron chi connectivity index (χ4n) is 9.39. The van der Waals surface area contributed by atoms with Gasteiger partial charge in [0, 0.05) is 42.0 Å². The number of carbonyl (C=O) groups excluding carboxylic acids is 2. The molecule has 0 spiro atoms. The van der Waals surface area contributed by atoms with Gasteiger partial charge in [-0.1, -0.05) is 19.1 Å². The minimum atomic E-state index is -1.06. The van der Waals surface area contributed by atoms with E-state index in [-0.39, 0.29) is 58.0 Å². The summed E-state index contributed by atoms with van der Waals surface area (Å²) in [6.07, 6.45) is 4.76. The number of esters is 2. The van der Waals surface area contributed by atoms with Crippen molar-refractivity contribution in [3.63, 3.8) is 0 Å². The van der Waals surface area contributed by atoms with Gasteiger partial charge in [0.05, 0.1) is 5.56 Å². The lowest BCUT2D eigenvalue weighted by Gasteiger charge is -2.50. The topological polar surface area (TPSA) is 224 Å². The summed E-state index contributed by atoms with van der Waals surface area (Å²) in [6, 6.07) is 14.0. The van der Waals surface area contributed by atoms with Gasteiger partial charge in [0.1, 0.15) is 35.2 Å². The van der Waals surface area contributed by atoms with Crippen LogP contribution in [-0.2, 0) is 27.1 Å². The summed E-state index contributed by atoms with van der Waals surface area (Å²) in [7, 11) is 0.